The lowest BCUT2D eigenvalue weighted by Crippen LogP contribution is -2.32. The number of aryl methyl sites for hydroxylation is 1. The summed E-state index contributed by atoms with van der Waals surface area (Å²) in [6, 6.07) is 20.2. The van der Waals surface area contributed by atoms with Crippen LogP contribution in [0.3, 0.4) is 0 Å². The first kappa shape index (κ1) is 29.6. The van der Waals surface area contributed by atoms with E-state index in [0.717, 1.165) is 39.1 Å². The lowest BCUT2D eigenvalue weighted by atomic mass is 9.85. The monoisotopic (exact) mass is 579 g/mol. The van der Waals surface area contributed by atoms with Crippen LogP contribution in [0, 0.1) is 12.7 Å². The quantitative estimate of drug-likeness (QED) is 0.128. The van der Waals surface area contributed by atoms with Gasteiger partial charge in [-0.25, -0.2) is 9.18 Å². The largest absolute Gasteiger partial charge is 0.496 e. The van der Waals surface area contributed by atoms with Crippen molar-refractivity contribution >= 4 is 23.0 Å². The van der Waals surface area contributed by atoms with E-state index < -0.39 is 5.97 Å². The van der Waals surface area contributed by atoms with Crippen molar-refractivity contribution in [3.05, 3.63) is 113 Å². The van der Waals surface area contributed by atoms with Crippen LogP contribution in [-0.4, -0.2) is 24.4 Å². The van der Waals surface area contributed by atoms with E-state index in [-0.39, 0.29) is 29.3 Å². The summed E-state index contributed by atoms with van der Waals surface area (Å²) in [5, 5.41) is 3.59. The summed E-state index contributed by atoms with van der Waals surface area (Å²) >= 11 is 0. The van der Waals surface area contributed by atoms with Crippen molar-refractivity contribution in [2.75, 3.05) is 12.4 Å². The Morgan fingerprint density at radius 3 is 2.37 bits per heavy atom. The van der Waals surface area contributed by atoms with Gasteiger partial charge in [-0.05, 0) is 87.7 Å². The SMILES string of the molecule is COc1cc(OC(=O)c2cccc(C(C)=O)c2)ccc1-c1ccc2c(c1COc1cc(F)ccc1C)C(C)=CC(C)(C)N2. The van der Waals surface area contributed by atoms with Crippen molar-refractivity contribution in [3.63, 3.8) is 0 Å². The maximum Gasteiger partial charge on any atom is 0.343 e. The number of hydrogen-bond acceptors (Lipinski definition) is 6. The van der Waals surface area contributed by atoms with E-state index >= 15 is 0 Å². The molecule has 220 valence electrons. The second-order valence-electron chi connectivity index (χ2n) is 11.3. The molecule has 0 atom stereocenters. The molecular weight excluding hydrogens is 545 g/mol. The number of ether oxygens (including phenoxy) is 3. The van der Waals surface area contributed by atoms with Crippen molar-refractivity contribution in [2.24, 2.45) is 0 Å². The van der Waals surface area contributed by atoms with Gasteiger partial charge in [0.1, 0.15) is 29.7 Å². The minimum Gasteiger partial charge on any atom is -0.496 e. The second kappa shape index (κ2) is 11.8. The Balaban J connectivity index is 1.54. The number of methoxy groups -OCH3 is 1. The molecule has 5 rings (SSSR count). The van der Waals surface area contributed by atoms with Crippen molar-refractivity contribution in [1.82, 2.24) is 0 Å². The van der Waals surface area contributed by atoms with Gasteiger partial charge in [0, 0.05) is 40.1 Å². The normalized spacial score (nSPS) is 13.3. The van der Waals surface area contributed by atoms with Crippen molar-refractivity contribution in [1.29, 1.82) is 0 Å². The van der Waals surface area contributed by atoms with Gasteiger partial charge >= 0.3 is 5.97 Å². The number of ketones is 1. The van der Waals surface area contributed by atoms with Gasteiger partial charge in [-0.15, -0.1) is 0 Å². The summed E-state index contributed by atoms with van der Waals surface area (Å²) in [7, 11) is 1.56. The smallest absolute Gasteiger partial charge is 0.343 e. The Kier molecular flexibility index (Phi) is 8.09. The molecule has 0 radical (unpaired) electrons. The Hall–Kier alpha value is -4.91. The van der Waals surface area contributed by atoms with Crippen LogP contribution in [0.25, 0.3) is 16.7 Å². The fraction of sp³-hybridized carbons (Fsp3) is 0.222. The Morgan fingerprint density at radius 1 is 0.884 bits per heavy atom. The number of allylic oxidation sites excluding steroid dienone is 1. The van der Waals surface area contributed by atoms with Gasteiger partial charge in [0.2, 0.25) is 0 Å². The minimum atomic E-state index is -0.583. The van der Waals surface area contributed by atoms with E-state index in [4.69, 9.17) is 14.2 Å². The van der Waals surface area contributed by atoms with Gasteiger partial charge in [-0.1, -0.05) is 30.3 Å². The van der Waals surface area contributed by atoms with Gasteiger partial charge in [0.15, 0.2) is 5.78 Å². The fourth-order valence-electron chi connectivity index (χ4n) is 5.47. The van der Waals surface area contributed by atoms with E-state index in [1.165, 1.54) is 25.1 Å². The van der Waals surface area contributed by atoms with E-state index in [9.17, 15) is 14.0 Å². The van der Waals surface area contributed by atoms with Gasteiger partial charge in [-0.3, -0.25) is 4.79 Å². The lowest BCUT2D eigenvalue weighted by Gasteiger charge is -2.33. The minimum absolute atomic E-state index is 0.137. The van der Waals surface area contributed by atoms with E-state index in [1.807, 2.05) is 25.1 Å². The molecular formula is C36H34FNO5. The van der Waals surface area contributed by atoms with Crippen LogP contribution < -0.4 is 19.5 Å². The molecule has 0 bridgehead atoms. The molecule has 0 amide bonds. The predicted octanol–water partition coefficient (Wildman–Crippen LogP) is 8.42. The van der Waals surface area contributed by atoms with Gasteiger partial charge in [-0.2, -0.15) is 0 Å². The second-order valence-corrected chi connectivity index (χ2v) is 11.3. The molecule has 0 fully saturated rings. The third kappa shape index (κ3) is 6.31. The highest BCUT2D eigenvalue weighted by Gasteiger charge is 2.27. The molecule has 0 unspecified atom stereocenters. The average molecular weight is 580 g/mol. The zero-order chi connectivity index (χ0) is 30.9. The molecule has 1 aliphatic rings. The number of carbonyl (C=O) groups excluding carboxylic acids is 2. The van der Waals surface area contributed by atoms with Crippen LogP contribution in [0.5, 0.6) is 17.2 Å². The van der Waals surface area contributed by atoms with Crippen molar-refractivity contribution in [2.45, 2.75) is 46.8 Å². The highest BCUT2D eigenvalue weighted by molar-refractivity contribution is 5.98. The third-order valence-corrected chi connectivity index (χ3v) is 7.44. The molecule has 4 aromatic carbocycles. The maximum atomic E-state index is 14.1. The molecule has 0 saturated carbocycles. The Labute approximate surface area is 251 Å². The molecule has 0 saturated heterocycles. The number of fused-ring (bicyclic) bond motifs is 1. The predicted molar refractivity (Wildman–Crippen MR) is 167 cm³/mol. The van der Waals surface area contributed by atoms with Crippen LogP contribution in [0.15, 0.2) is 78.9 Å². The topological polar surface area (TPSA) is 73.9 Å². The molecule has 0 aliphatic carbocycles. The standard InChI is InChI=1S/C36H34FNO5/c1-21-10-11-26(37)17-32(21)42-20-30-28(14-15-31-34(30)22(2)19-36(4,5)38-31)29-13-12-27(18-33(29)41-6)43-35(40)25-9-7-8-24(16-25)23(3)39/h7-19,38H,20H2,1-6H3. The summed E-state index contributed by atoms with van der Waals surface area (Å²) in [4.78, 5) is 24.6. The molecule has 0 spiro atoms. The molecule has 6 nitrogen and oxygen atoms in total. The van der Waals surface area contributed by atoms with Crippen molar-refractivity contribution < 1.29 is 28.2 Å². The molecule has 1 aliphatic heterocycles. The van der Waals surface area contributed by atoms with Crippen LogP contribution in [0.4, 0.5) is 10.1 Å². The number of benzene rings is 4. The van der Waals surface area contributed by atoms with Crippen molar-refractivity contribution in [3.8, 4) is 28.4 Å². The first-order valence-electron chi connectivity index (χ1n) is 14.0. The number of hydrogen-bond donors (Lipinski definition) is 1. The van der Waals surface area contributed by atoms with Gasteiger partial charge in [0.25, 0.3) is 0 Å². The number of Topliss-reactive ketones (excluding diaryl/α,β-unsaturated/α-hetero) is 1. The van der Waals surface area contributed by atoms with Crippen LogP contribution >= 0.6 is 0 Å². The number of nitrogens with one attached hydrogen (secondary N) is 1. The summed E-state index contributed by atoms with van der Waals surface area (Å²) < 4.78 is 31.7. The molecule has 1 N–H and O–H groups in total. The maximum absolute atomic E-state index is 14.1. The van der Waals surface area contributed by atoms with E-state index in [0.29, 0.717) is 22.8 Å². The van der Waals surface area contributed by atoms with Gasteiger partial charge < -0.3 is 19.5 Å². The molecule has 7 heteroatoms. The molecule has 0 aromatic heterocycles. The summed E-state index contributed by atoms with van der Waals surface area (Å²) in [5.74, 6) is 0.177. The van der Waals surface area contributed by atoms with E-state index in [1.54, 1.807) is 43.5 Å². The highest BCUT2D eigenvalue weighted by Crippen LogP contribution is 2.43. The fourth-order valence-corrected chi connectivity index (χ4v) is 5.47. The van der Waals surface area contributed by atoms with Gasteiger partial charge in [0.05, 0.1) is 18.2 Å². The number of carbonyl (C=O) groups is 2. The summed E-state index contributed by atoms with van der Waals surface area (Å²) in [6.45, 7) is 9.80. The zero-order valence-electron chi connectivity index (χ0n) is 25.1. The van der Waals surface area contributed by atoms with E-state index in [2.05, 4.69) is 32.2 Å². The number of rotatable bonds is 8. The Morgan fingerprint density at radius 2 is 1.63 bits per heavy atom. The summed E-state index contributed by atoms with van der Waals surface area (Å²) in [6.07, 6.45) is 2.18. The Bertz CT molecular complexity index is 1770. The first-order chi connectivity index (χ1) is 20.5. The number of esters is 1. The third-order valence-electron chi connectivity index (χ3n) is 7.44. The van der Waals surface area contributed by atoms with Crippen LogP contribution in [-0.2, 0) is 6.61 Å². The molecule has 1 heterocycles. The molecule has 43 heavy (non-hydrogen) atoms. The average Bonchev–Trinajstić information content (AvgIpc) is 2.96. The molecule has 4 aromatic rings. The number of halogens is 1. The highest BCUT2D eigenvalue weighted by atomic mass is 19.1. The van der Waals surface area contributed by atoms with Crippen LogP contribution in [0.1, 0.15) is 65.1 Å². The number of anilines is 1. The summed E-state index contributed by atoms with van der Waals surface area (Å²) in [5.41, 5.74) is 6.92. The van der Waals surface area contributed by atoms with Crippen LogP contribution in [0.2, 0.25) is 0 Å². The first-order valence-corrected chi connectivity index (χ1v) is 14.0. The zero-order valence-corrected chi connectivity index (χ0v) is 25.1. The lowest BCUT2D eigenvalue weighted by molar-refractivity contribution is 0.0734.